The second-order valence-corrected chi connectivity index (χ2v) is 29.2. The molecular formula is C90H92N24O14. The van der Waals surface area contributed by atoms with Gasteiger partial charge in [-0.15, -0.1) is 0 Å². The van der Waals surface area contributed by atoms with Gasteiger partial charge in [0.15, 0.2) is 12.4 Å². The normalized spacial score (nSPS) is 11.1. The number of aryl methyl sites for hydroxylation is 10. The summed E-state index contributed by atoms with van der Waals surface area (Å²) in [7, 11) is 6.50. The molecule has 0 bridgehead atoms. The van der Waals surface area contributed by atoms with Crippen LogP contribution in [0.3, 0.4) is 0 Å². The molecule has 0 spiro atoms. The number of methoxy groups -OCH3 is 4. The Hall–Kier alpha value is -15.9. The number of aromatic nitrogens is 24. The highest BCUT2D eigenvalue weighted by molar-refractivity contribution is 5.84. The first-order chi connectivity index (χ1) is 62.2. The van der Waals surface area contributed by atoms with Gasteiger partial charge >= 0.3 is 0 Å². The lowest BCUT2D eigenvalue weighted by Crippen LogP contribution is -2.06. The van der Waals surface area contributed by atoms with Gasteiger partial charge in [0.2, 0.25) is 41.1 Å². The van der Waals surface area contributed by atoms with E-state index in [1.807, 2.05) is 239 Å². The number of rotatable bonds is 29. The lowest BCUT2D eigenvalue weighted by molar-refractivity contribution is 0.188. The SMILES string of the molecule is COCCn1ccc2nc(C)nc(OCc3cc(C)on3)c21.COc1ccc(Cn2ccc3nc(C)nc(OCc4cc(C)on4)c32)nc1OC.COc1ccccc1Cn1ccc2nc(C)nc(OCc3cc(C)on3)c21.Cc1nc(OCc2cc(C)on2)c2c(ccn2Cc2ccccn2)n1.Cc1nc(OCc2noc(C)n2)c2c(ccn2Cc2ccccn2)n1. The lowest BCUT2D eigenvalue weighted by Gasteiger charge is -2.12. The number of hydrogen-bond donors (Lipinski definition) is 0. The van der Waals surface area contributed by atoms with Gasteiger partial charge < -0.3 is 88.1 Å². The summed E-state index contributed by atoms with van der Waals surface area (Å²) in [5, 5.41) is 19.6. The fourth-order valence-electron chi connectivity index (χ4n) is 13.7. The Morgan fingerprint density at radius 2 is 0.648 bits per heavy atom. The Kier molecular flexibility index (Phi) is 27.6. The summed E-state index contributed by atoms with van der Waals surface area (Å²) >= 11 is 0. The molecule has 0 unspecified atom stereocenters. The summed E-state index contributed by atoms with van der Waals surface area (Å²) in [6, 6.07) is 40.5. The van der Waals surface area contributed by atoms with Crippen LogP contribution in [0.4, 0.5) is 0 Å². The average molecular weight is 1730 g/mol. The van der Waals surface area contributed by atoms with Crippen molar-refractivity contribution in [2.45, 2.75) is 135 Å². The third kappa shape index (κ3) is 21.8. The Morgan fingerprint density at radius 1 is 0.289 bits per heavy atom. The zero-order chi connectivity index (χ0) is 89.2. The van der Waals surface area contributed by atoms with E-state index in [4.69, 9.17) is 65.2 Å². The minimum Gasteiger partial charge on any atom is -0.496 e. The van der Waals surface area contributed by atoms with Crippen LogP contribution in [0.2, 0.25) is 0 Å². The topological polar surface area (TPSA) is 418 Å². The molecular weight excluding hydrogens is 1640 g/mol. The number of nitrogens with zero attached hydrogens (tertiary/aromatic N) is 24. The molecule has 0 aliphatic heterocycles. The summed E-state index contributed by atoms with van der Waals surface area (Å²) < 4.78 is 86.1. The number of fused-ring (bicyclic) bond motifs is 5. The Bertz CT molecular complexity index is 6760. The summed E-state index contributed by atoms with van der Waals surface area (Å²) in [5.41, 5.74) is 15.0. The van der Waals surface area contributed by atoms with Gasteiger partial charge in [-0.1, -0.05) is 56.1 Å². The molecule has 128 heavy (non-hydrogen) atoms. The molecule has 0 aliphatic carbocycles. The Morgan fingerprint density at radius 3 is 0.992 bits per heavy atom. The van der Waals surface area contributed by atoms with Crippen LogP contribution < -0.4 is 37.9 Å². The van der Waals surface area contributed by atoms with Gasteiger partial charge in [-0.05, 0) is 135 Å². The van der Waals surface area contributed by atoms with Crippen molar-refractivity contribution in [3.8, 4) is 46.8 Å². The van der Waals surface area contributed by atoms with Crippen LogP contribution in [0.5, 0.6) is 46.8 Å². The van der Waals surface area contributed by atoms with Crippen molar-refractivity contribution >= 4 is 55.2 Å². The molecule has 0 saturated heterocycles. The fourth-order valence-corrected chi connectivity index (χ4v) is 13.7. The first kappa shape index (κ1) is 87.0. The summed E-state index contributed by atoms with van der Waals surface area (Å²) in [5.74, 6) is 11.7. The van der Waals surface area contributed by atoms with Gasteiger partial charge in [-0.3, -0.25) is 9.97 Å². The number of ether oxygens (including phenoxy) is 9. The zero-order valence-electron chi connectivity index (χ0n) is 72.9. The van der Waals surface area contributed by atoms with E-state index in [1.165, 1.54) is 0 Å². The van der Waals surface area contributed by atoms with Gasteiger partial charge in [0.25, 0.3) is 5.88 Å². The van der Waals surface area contributed by atoms with Crippen LogP contribution in [-0.2, 0) is 70.5 Å². The second kappa shape index (κ2) is 40.6. The molecule has 18 aromatic heterocycles. The summed E-state index contributed by atoms with van der Waals surface area (Å²) in [4.78, 5) is 62.1. The van der Waals surface area contributed by atoms with E-state index in [0.29, 0.717) is 133 Å². The molecule has 0 amide bonds. The third-order valence-corrected chi connectivity index (χ3v) is 19.3. The molecule has 0 radical (unpaired) electrons. The number of benzene rings is 1. The second-order valence-electron chi connectivity index (χ2n) is 29.2. The Labute approximate surface area is 732 Å². The summed E-state index contributed by atoms with van der Waals surface area (Å²) in [6.45, 7) is 23.3. The van der Waals surface area contributed by atoms with Gasteiger partial charge in [0.1, 0.15) is 135 Å². The van der Waals surface area contributed by atoms with Crippen molar-refractivity contribution in [2.75, 3.05) is 35.0 Å². The predicted octanol–water partition coefficient (Wildman–Crippen LogP) is 14.5. The zero-order valence-corrected chi connectivity index (χ0v) is 72.9. The quantitative estimate of drug-likeness (QED) is 0.0420. The van der Waals surface area contributed by atoms with Gasteiger partial charge in [0.05, 0.1) is 98.8 Å². The smallest absolute Gasteiger partial charge is 0.257 e. The van der Waals surface area contributed by atoms with Crippen molar-refractivity contribution in [3.63, 3.8) is 0 Å². The number of pyridine rings is 3. The molecule has 656 valence electrons. The minimum absolute atomic E-state index is 0.178. The van der Waals surface area contributed by atoms with Crippen LogP contribution in [0.25, 0.3) is 55.2 Å². The molecule has 38 heteroatoms. The van der Waals surface area contributed by atoms with Crippen molar-refractivity contribution in [1.29, 1.82) is 0 Å². The van der Waals surface area contributed by atoms with E-state index in [9.17, 15) is 0 Å². The van der Waals surface area contributed by atoms with Crippen LogP contribution in [0.15, 0.2) is 193 Å². The largest absolute Gasteiger partial charge is 0.496 e. The molecule has 0 aliphatic rings. The summed E-state index contributed by atoms with van der Waals surface area (Å²) in [6.07, 6.45) is 13.4. The van der Waals surface area contributed by atoms with E-state index in [1.54, 1.807) is 47.8 Å². The van der Waals surface area contributed by atoms with Crippen molar-refractivity contribution < 1.29 is 65.2 Å². The maximum atomic E-state index is 5.97. The first-order valence-corrected chi connectivity index (χ1v) is 40.5. The molecule has 1 aromatic carbocycles. The van der Waals surface area contributed by atoms with Gasteiger partial charge in [-0.2, -0.15) is 29.9 Å². The average Bonchev–Trinajstić information content (AvgIpc) is 1.65. The molecule has 19 aromatic rings. The van der Waals surface area contributed by atoms with Crippen molar-refractivity contribution in [3.05, 3.63) is 280 Å². The van der Waals surface area contributed by atoms with E-state index in [-0.39, 0.29) is 26.4 Å². The predicted molar refractivity (Wildman–Crippen MR) is 464 cm³/mol. The van der Waals surface area contributed by atoms with Crippen LogP contribution in [-0.4, -0.2) is 153 Å². The molecule has 0 saturated carbocycles. The highest BCUT2D eigenvalue weighted by Gasteiger charge is 2.22. The monoisotopic (exact) mass is 1730 g/mol. The lowest BCUT2D eigenvalue weighted by atomic mass is 10.2. The third-order valence-electron chi connectivity index (χ3n) is 19.3. The highest BCUT2D eigenvalue weighted by atomic mass is 16.5. The van der Waals surface area contributed by atoms with E-state index < -0.39 is 0 Å². The molecule has 0 atom stereocenters. The van der Waals surface area contributed by atoms with Crippen LogP contribution in [0.1, 0.15) is 109 Å². The molecule has 18 heterocycles. The van der Waals surface area contributed by atoms with Gasteiger partial charge in [0, 0.05) is 93.8 Å². The van der Waals surface area contributed by atoms with Crippen LogP contribution in [0, 0.1) is 69.2 Å². The number of para-hydroxylation sites is 1. The number of hydrogen-bond acceptors (Lipinski definition) is 33. The molecule has 19 rings (SSSR count). The van der Waals surface area contributed by atoms with Gasteiger partial charge in [-0.25, -0.2) is 29.9 Å². The van der Waals surface area contributed by atoms with E-state index >= 15 is 0 Å². The van der Waals surface area contributed by atoms with Crippen LogP contribution >= 0.6 is 0 Å². The maximum Gasteiger partial charge on any atom is 0.257 e. The van der Waals surface area contributed by atoms with Crippen molar-refractivity contribution in [1.82, 2.24) is 118 Å². The fraction of sp³-hybridized carbons (Fsp3) is 0.278. The van der Waals surface area contributed by atoms with Crippen molar-refractivity contribution in [2.24, 2.45) is 0 Å². The Balaban J connectivity index is 0.000000123. The maximum absolute atomic E-state index is 5.97. The first-order valence-electron chi connectivity index (χ1n) is 40.5. The molecule has 0 fully saturated rings. The molecule has 38 nitrogen and oxygen atoms in total. The molecule has 0 N–H and O–H groups in total. The standard InChI is InChI=1S/C20H21N5O4.C20H20N4O3.C18H17N5O2.C17H16N6O2.C15H18N4O3/c1-12-9-15(24-29-12)11-28-20-18-16(21-13(2)22-20)7-8-25(18)10-14-5-6-17(26-3)19(23-14)27-4;1-13-10-16(23-27-13)12-26-20-19-17(21-14(2)22-20)8-9-24(19)11-15-6-4-5-7-18(15)25-3;1-12-9-15(22-25-12)11-24-18-17-16(20-13(2)21-18)6-8-23(17)10-14-5-3-4-7-19-14;1-11-19-14-6-8-23(9-13-5-3-4-7-18-13)16(14)17(20-11)24-10-15-21-12(2)25-22-15;1-10-8-12(18-22-10)9-21-15-14-13(16-11(2)17-15)4-5-19(14)6-7-20-3/h5-9H,10-11H2,1-4H3;4-10H,11-12H2,1-3H3;3-9H,10-11H2,1-2H3;3-8H,9-10H2,1-2H3;4-5,8H,6-7,9H2,1-3H3. The van der Waals surface area contributed by atoms with E-state index in [2.05, 4.69) is 100 Å². The van der Waals surface area contributed by atoms with E-state index in [0.717, 1.165) is 124 Å². The highest BCUT2D eigenvalue weighted by Crippen LogP contribution is 2.33. The minimum atomic E-state index is 0.178.